The topological polar surface area (TPSA) is 93.0 Å². The second kappa shape index (κ2) is 6.60. The van der Waals surface area contributed by atoms with Crippen LogP contribution in [-0.4, -0.2) is 23.1 Å². The molecule has 2 rings (SSSR count). The van der Waals surface area contributed by atoms with Gasteiger partial charge in [0.25, 0.3) is 5.56 Å². The third-order valence-electron chi connectivity index (χ3n) is 2.68. The van der Waals surface area contributed by atoms with Gasteiger partial charge in [-0.2, -0.15) is 0 Å². The van der Waals surface area contributed by atoms with Gasteiger partial charge in [-0.3, -0.25) is 4.79 Å². The Morgan fingerprint density at radius 1 is 1.35 bits per heavy atom. The number of hydrogen-bond donors (Lipinski definition) is 3. The van der Waals surface area contributed by atoms with Gasteiger partial charge in [0, 0.05) is 18.2 Å². The molecule has 1 heterocycles. The Hall–Kier alpha value is -2.50. The van der Waals surface area contributed by atoms with Crippen molar-refractivity contribution in [3.63, 3.8) is 0 Å². The van der Waals surface area contributed by atoms with Crippen LogP contribution in [0.15, 0.2) is 35.1 Å². The number of ether oxygens (including phenoxy) is 1. The maximum Gasteiger partial charge on any atom is 0.252 e. The zero-order valence-electron chi connectivity index (χ0n) is 11.3. The van der Waals surface area contributed by atoms with E-state index in [0.29, 0.717) is 36.9 Å². The number of aromatic amines is 1. The molecule has 1 aromatic carbocycles. The van der Waals surface area contributed by atoms with Gasteiger partial charge in [-0.15, -0.1) is 0 Å². The highest BCUT2D eigenvalue weighted by atomic mass is 16.5. The van der Waals surface area contributed by atoms with Crippen LogP contribution in [0, 0.1) is 0 Å². The molecule has 0 aliphatic rings. The molecule has 0 fully saturated rings. The lowest BCUT2D eigenvalue weighted by atomic mass is 10.3. The fraction of sp³-hybridized carbons (Fsp3) is 0.286. The maximum absolute atomic E-state index is 11.4. The molecule has 0 aliphatic carbocycles. The fourth-order valence-electron chi connectivity index (χ4n) is 1.68. The van der Waals surface area contributed by atoms with Gasteiger partial charge in [-0.05, 0) is 24.3 Å². The van der Waals surface area contributed by atoms with Crippen LogP contribution in [0.5, 0.6) is 5.75 Å². The van der Waals surface area contributed by atoms with Crippen molar-refractivity contribution >= 4 is 11.5 Å². The average Bonchev–Trinajstić information content (AvgIpc) is 2.45. The van der Waals surface area contributed by atoms with E-state index in [1.54, 1.807) is 12.1 Å². The van der Waals surface area contributed by atoms with E-state index in [9.17, 15) is 4.79 Å². The van der Waals surface area contributed by atoms with Crippen molar-refractivity contribution in [2.75, 3.05) is 24.2 Å². The minimum Gasteiger partial charge on any atom is -0.492 e. The van der Waals surface area contributed by atoms with Gasteiger partial charge in [0.2, 0.25) is 0 Å². The number of nitrogens with zero attached hydrogens (tertiary/aromatic N) is 1. The van der Waals surface area contributed by atoms with E-state index in [1.165, 1.54) is 6.07 Å². The number of hydrogen-bond acceptors (Lipinski definition) is 5. The van der Waals surface area contributed by atoms with Gasteiger partial charge in [-0.1, -0.05) is 6.92 Å². The third-order valence-corrected chi connectivity index (χ3v) is 2.68. The molecule has 0 atom stereocenters. The molecule has 106 valence electrons. The first-order valence-corrected chi connectivity index (χ1v) is 6.50. The third kappa shape index (κ3) is 4.01. The minimum absolute atomic E-state index is 0.154. The molecule has 0 saturated heterocycles. The Kier molecular flexibility index (Phi) is 4.60. The number of nitrogens with two attached hydrogens (primary N) is 1. The normalized spacial score (nSPS) is 10.2. The van der Waals surface area contributed by atoms with Crippen molar-refractivity contribution in [2.24, 2.45) is 0 Å². The molecular weight excluding hydrogens is 256 g/mol. The Morgan fingerprint density at radius 2 is 2.10 bits per heavy atom. The van der Waals surface area contributed by atoms with Gasteiger partial charge in [-0.25, -0.2) is 4.98 Å². The quantitative estimate of drug-likeness (QED) is 0.547. The van der Waals surface area contributed by atoms with Crippen molar-refractivity contribution in [1.82, 2.24) is 9.97 Å². The van der Waals surface area contributed by atoms with Crippen LogP contribution in [0.25, 0.3) is 0 Å². The Bertz CT molecular complexity index is 607. The number of nitrogen functional groups attached to an aromatic ring is 1. The predicted molar refractivity (Wildman–Crippen MR) is 79.1 cm³/mol. The maximum atomic E-state index is 11.4. The summed E-state index contributed by atoms with van der Waals surface area (Å²) >= 11 is 0. The first-order chi connectivity index (χ1) is 9.67. The lowest BCUT2D eigenvalue weighted by Crippen LogP contribution is -2.17. The van der Waals surface area contributed by atoms with E-state index in [0.717, 1.165) is 5.75 Å². The summed E-state index contributed by atoms with van der Waals surface area (Å²) in [5.74, 6) is 1.99. The standard InChI is InChI=1S/C14H18N4O2/c1-2-12-17-13(9-14(19)18-12)16-7-8-20-11-5-3-10(15)4-6-11/h3-6,9H,2,7-8,15H2,1H3,(H2,16,17,18,19). The van der Waals surface area contributed by atoms with Crippen molar-refractivity contribution in [3.8, 4) is 5.75 Å². The molecule has 6 nitrogen and oxygen atoms in total. The van der Waals surface area contributed by atoms with Gasteiger partial charge < -0.3 is 20.8 Å². The van der Waals surface area contributed by atoms with E-state index >= 15 is 0 Å². The summed E-state index contributed by atoms with van der Waals surface area (Å²) in [5, 5.41) is 3.06. The van der Waals surface area contributed by atoms with Crippen molar-refractivity contribution in [3.05, 3.63) is 46.5 Å². The van der Waals surface area contributed by atoms with Crippen LogP contribution in [0.4, 0.5) is 11.5 Å². The van der Waals surface area contributed by atoms with E-state index in [-0.39, 0.29) is 5.56 Å². The molecule has 0 saturated carbocycles. The monoisotopic (exact) mass is 274 g/mol. The van der Waals surface area contributed by atoms with Crippen LogP contribution in [0.1, 0.15) is 12.7 Å². The number of anilines is 2. The Labute approximate surface area is 117 Å². The molecular formula is C14H18N4O2. The predicted octanol–water partition coefficient (Wildman–Crippen LogP) is 1.41. The van der Waals surface area contributed by atoms with Gasteiger partial charge in [0.15, 0.2) is 0 Å². The summed E-state index contributed by atoms with van der Waals surface area (Å²) in [7, 11) is 0. The number of rotatable bonds is 6. The van der Waals surface area contributed by atoms with Crippen molar-refractivity contribution in [1.29, 1.82) is 0 Å². The Balaban J connectivity index is 1.82. The average molecular weight is 274 g/mol. The number of H-pyrrole nitrogens is 1. The largest absolute Gasteiger partial charge is 0.492 e. The summed E-state index contributed by atoms with van der Waals surface area (Å²) in [5.41, 5.74) is 6.14. The van der Waals surface area contributed by atoms with E-state index in [2.05, 4.69) is 15.3 Å². The molecule has 0 spiro atoms. The highest BCUT2D eigenvalue weighted by Crippen LogP contribution is 2.12. The fourth-order valence-corrected chi connectivity index (χ4v) is 1.68. The molecule has 6 heteroatoms. The molecule has 4 N–H and O–H groups in total. The van der Waals surface area contributed by atoms with Crippen LogP contribution in [-0.2, 0) is 6.42 Å². The highest BCUT2D eigenvalue weighted by molar-refractivity contribution is 5.41. The van der Waals surface area contributed by atoms with Crippen LogP contribution in [0.2, 0.25) is 0 Å². The van der Waals surface area contributed by atoms with E-state index < -0.39 is 0 Å². The molecule has 0 aliphatic heterocycles. The molecule has 1 aromatic heterocycles. The lowest BCUT2D eigenvalue weighted by molar-refractivity contribution is 0.333. The zero-order valence-corrected chi connectivity index (χ0v) is 11.3. The summed E-state index contributed by atoms with van der Waals surface area (Å²) in [6.45, 7) is 2.97. The second-order valence-electron chi connectivity index (χ2n) is 4.28. The van der Waals surface area contributed by atoms with Gasteiger partial charge in [0.1, 0.15) is 24.0 Å². The van der Waals surface area contributed by atoms with Crippen LogP contribution in [0.3, 0.4) is 0 Å². The van der Waals surface area contributed by atoms with Crippen LogP contribution >= 0.6 is 0 Å². The Morgan fingerprint density at radius 3 is 2.80 bits per heavy atom. The molecule has 0 radical (unpaired) electrons. The molecule has 0 amide bonds. The molecule has 20 heavy (non-hydrogen) atoms. The van der Waals surface area contributed by atoms with E-state index in [1.807, 2.05) is 19.1 Å². The highest BCUT2D eigenvalue weighted by Gasteiger charge is 1.99. The SMILES string of the molecule is CCc1nc(NCCOc2ccc(N)cc2)cc(=O)[nH]1. The van der Waals surface area contributed by atoms with E-state index in [4.69, 9.17) is 10.5 Å². The minimum atomic E-state index is -0.154. The smallest absolute Gasteiger partial charge is 0.252 e. The number of aromatic nitrogens is 2. The first-order valence-electron chi connectivity index (χ1n) is 6.50. The second-order valence-corrected chi connectivity index (χ2v) is 4.28. The van der Waals surface area contributed by atoms with Gasteiger partial charge >= 0.3 is 0 Å². The lowest BCUT2D eigenvalue weighted by Gasteiger charge is -2.08. The van der Waals surface area contributed by atoms with Crippen LogP contribution < -0.4 is 21.3 Å². The molecule has 0 bridgehead atoms. The first kappa shape index (κ1) is 13.9. The van der Waals surface area contributed by atoms with Gasteiger partial charge in [0.05, 0.1) is 6.54 Å². The molecule has 2 aromatic rings. The summed E-state index contributed by atoms with van der Waals surface area (Å²) < 4.78 is 5.54. The number of aryl methyl sites for hydroxylation is 1. The van der Waals surface area contributed by atoms with Crippen molar-refractivity contribution in [2.45, 2.75) is 13.3 Å². The van der Waals surface area contributed by atoms with Crippen molar-refractivity contribution < 1.29 is 4.74 Å². The number of benzene rings is 1. The summed E-state index contributed by atoms with van der Waals surface area (Å²) in [6.07, 6.45) is 0.687. The molecule has 0 unspecified atom stereocenters. The number of nitrogens with one attached hydrogen (secondary N) is 2. The summed E-state index contributed by atoms with van der Waals surface area (Å²) in [4.78, 5) is 18.3. The zero-order chi connectivity index (χ0) is 14.4. The summed E-state index contributed by atoms with van der Waals surface area (Å²) in [6, 6.07) is 8.64.